The van der Waals surface area contributed by atoms with Gasteiger partial charge in [0.05, 0.1) is 18.1 Å². The first kappa shape index (κ1) is 23.9. The summed E-state index contributed by atoms with van der Waals surface area (Å²) in [7, 11) is 0. The first-order valence-electron chi connectivity index (χ1n) is 11.9. The molecule has 1 aliphatic heterocycles. The molecule has 4 aromatic rings. The quantitative estimate of drug-likeness (QED) is 0.346. The van der Waals surface area contributed by atoms with Crippen molar-refractivity contribution in [2.75, 3.05) is 19.9 Å². The van der Waals surface area contributed by atoms with Gasteiger partial charge >= 0.3 is 0 Å². The molecule has 1 aliphatic rings. The number of halogens is 1. The van der Waals surface area contributed by atoms with Crippen molar-refractivity contribution in [3.63, 3.8) is 0 Å². The smallest absolute Gasteiger partial charge is 0.252 e. The minimum absolute atomic E-state index is 0.0189. The third-order valence-corrected chi connectivity index (χ3v) is 6.32. The van der Waals surface area contributed by atoms with Crippen LogP contribution in [0.25, 0.3) is 10.9 Å². The van der Waals surface area contributed by atoms with Crippen molar-refractivity contribution < 1.29 is 19.0 Å². The zero-order valence-electron chi connectivity index (χ0n) is 19.9. The van der Waals surface area contributed by atoms with Crippen molar-refractivity contribution in [3.05, 3.63) is 75.6 Å². The van der Waals surface area contributed by atoms with Gasteiger partial charge in [-0.15, -0.1) is 5.10 Å². The van der Waals surface area contributed by atoms with E-state index in [9.17, 15) is 14.3 Å². The van der Waals surface area contributed by atoms with Crippen molar-refractivity contribution in [2.45, 2.75) is 38.9 Å². The molecule has 188 valence electrons. The number of rotatable bonds is 10. The number of aliphatic hydroxyl groups excluding tert-OH is 1. The van der Waals surface area contributed by atoms with Gasteiger partial charge in [0.25, 0.3) is 5.56 Å². The zero-order chi connectivity index (χ0) is 25.1. The maximum absolute atomic E-state index is 13.3. The highest BCUT2D eigenvalue weighted by atomic mass is 19.1. The fourth-order valence-corrected chi connectivity index (χ4v) is 4.53. The number of ether oxygens (including phenoxy) is 2. The third-order valence-electron chi connectivity index (χ3n) is 6.32. The number of tetrazole rings is 1. The molecular formula is C25H27FN6O4. The van der Waals surface area contributed by atoms with Crippen LogP contribution in [0.4, 0.5) is 4.39 Å². The molecule has 3 heterocycles. The lowest BCUT2D eigenvalue weighted by atomic mass is 10.1. The summed E-state index contributed by atoms with van der Waals surface area (Å²) in [6, 6.07) is 11.5. The number of hydrogen-bond acceptors (Lipinski definition) is 8. The van der Waals surface area contributed by atoms with Gasteiger partial charge in [-0.2, -0.15) is 0 Å². The summed E-state index contributed by atoms with van der Waals surface area (Å²) < 4.78 is 25.9. The van der Waals surface area contributed by atoms with Crippen LogP contribution in [-0.4, -0.2) is 55.1 Å². The summed E-state index contributed by atoms with van der Waals surface area (Å²) >= 11 is 0. The second-order valence-corrected chi connectivity index (χ2v) is 8.71. The Morgan fingerprint density at radius 1 is 1.19 bits per heavy atom. The third kappa shape index (κ3) is 4.93. The SMILES string of the molecule is CC[C@H](c1nnnn1Cc1ccc(F)cc1)N(CCCO)Cc1cc2cc3c(cc2[nH]c1=O)OCO3. The van der Waals surface area contributed by atoms with Crippen LogP contribution in [-0.2, 0) is 13.1 Å². The second kappa shape index (κ2) is 10.4. The van der Waals surface area contributed by atoms with Crippen molar-refractivity contribution >= 4 is 10.9 Å². The van der Waals surface area contributed by atoms with E-state index in [1.807, 2.05) is 19.1 Å². The number of nitrogens with zero attached hydrogens (tertiary/aromatic N) is 5. The Bertz CT molecular complexity index is 1400. The van der Waals surface area contributed by atoms with Gasteiger partial charge in [-0.05, 0) is 53.1 Å². The lowest BCUT2D eigenvalue weighted by Gasteiger charge is -2.30. The highest BCUT2D eigenvalue weighted by Gasteiger charge is 2.26. The van der Waals surface area contributed by atoms with Crippen molar-refractivity contribution in [1.29, 1.82) is 0 Å². The molecule has 0 amide bonds. The van der Waals surface area contributed by atoms with Gasteiger partial charge in [-0.1, -0.05) is 19.1 Å². The summed E-state index contributed by atoms with van der Waals surface area (Å²) in [6.07, 6.45) is 1.21. The number of H-pyrrole nitrogens is 1. The van der Waals surface area contributed by atoms with E-state index >= 15 is 0 Å². The number of aliphatic hydroxyl groups is 1. The van der Waals surface area contributed by atoms with Gasteiger partial charge in [0, 0.05) is 36.7 Å². The van der Waals surface area contributed by atoms with Crippen molar-refractivity contribution in [2.24, 2.45) is 0 Å². The van der Waals surface area contributed by atoms with E-state index in [0.29, 0.717) is 60.9 Å². The molecule has 0 radical (unpaired) electrons. The molecule has 0 fully saturated rings. The Morgan fingerprint density at radius 3 is 2.72 bits per heavy atom. The fraction of sp³-hybridized carbons (Fsp3) is 0.360. The van der Waals surface area contributed by atoms with Crippen molar-refractivity contribution in [3.8, 4) is 11.5 Å². The minimum atomic E-state index is -0.304. The molecule has 1 atom stereocenters. The molecule has 0 saturated carbocycles. The molecule has 5 rings (SSSR count). The van der Waals surface area contributed by atoms with Gasteiger partial charge in [0.2, 0.25) is 6.79 Å². The summed E-state index contributed by atoms with van der Waals surface area (Å²) in [5.41, 5.74) is 1.92. The second-order valence-electron chi connectivity index (χ2n) is 8.71. The van der Waals surface area contributed by atoms with Crippen LogP contribution in [0.1, 0.15) is 42.8 Å². The van der Waals surface area contributed by atoms with Crippen LogP contribution >= 0.6 is 0 Å². The van der Waals surface area contributed by atoms with Gasteiger partial charge in [0.1, 0.15) is 5.82 Å². The number of aromatic amines is 1. The van der Waals surface area contributed by atoms with Crippen LogP contribution in [0.15, 0.2) is 47.3 Å². The van der Waals surface area contributed by atoms with E-state index in [2.05, 4.69) is 25.4 Å². The number of aromatic nitrogens is 5. The van der Waals surface area contributed by atoms with Crippen LogP contribution in [0.3, 0.4) is 0 Å². The predicted octanol–water partition coefficient (Wildman–Crippen LogP) is 2.77. The normalized spacial score (nSPS) is 13.6. The average Bonchev–Trinajstić information content (AvgIpc) is 3.52. The Balaban J connectivity index is 1.45. The summed E-state index contributed by atoms with van der Waals surface area (Å²) in [5, 5.41) is 22.7. The number of pyridine rings is 1. The molecule has 36 heavy (non-hydrogen) atoms. The van der Waals surface area contributed by atoms with E-state index < -0.39 is 0 Å². The largest absolute Gasteiger partial charge is 0.454 e. The van der Waals surface area contributed by atoms with Crippen LogP contribution in [0, 0.1) is 5.82 Å². The van der Waals surface area contributed by atoms with Gasteiger partial charge in [0.15, 0.2) is 17.3 Å². The Labute approximate surface area is 206 Å². The average molecular weight is 495 g/mol. The molecule has 0 unspecified atom stereocenters. The molecule has 11 heteroatoms. The van der Waals surface area contributed by atoms with Gasteiger partial charge in [-0.3, -0.25) is 9.69 Å². The minimum Gasteiger partial charge on any atom is -0.454 e. The highest BCUT2D eigenvalue weighted by molar-refractivity contribution is 5.83. The summed E-state index contributed by atoms with van der Waals surface area (Å²) in [5.74, 6) is 1.58. The first-order chi connectivity index (χ1) is 17.6. The van der Waals surface area contributed by atoms with E-state index in [1.54, 1.807) is 22.9 Å². The molecular weight excluding hydrogens is 467 g/mol. The molecule has 0 aliphatic carbocycles. The Kier molecular flexibility index (Phi) is 6.92. The van der Waals surface area contributed by atoms with Crippen LogP contribution in [0.2, 0.25) is 0 Å². The van der Waals surface area contributed by atoms with E-state index in [-0.39, 0.29) is 30.8 Å². The number of nitrogens with one attached hydrogen (secondary N) is 1. The van der Waals surface area contributed by atoms with Crippen molar-refractivity contribution in [1.82, 2.24) is 30.1 Å². The van der Waals surface area contributed by atoms with E-state index in [4.69, 9.17) is 9.47 Å². The Morgan fingerprint density at radius 2 is 1.97 bits per heavy atom. The standard InChI is InChI=1S/C25H27FN6O4/c1-2-21(24-28-29-30-32(24)13-16-4-6-19(26)7-5-16)31(8-3-9-33)14-18-10-17-11-22-23(36-15-35-22)12-20(17)27-25(18)34/h4-7,10-12,21,33H,2-3,8-9,13-15H2,1H3,(H,27,34)/t21-/m1/s1. The molecule has 2 aromatic heterocycles. The number of benzene rings is 2. The molecule has 2 N–H and O–H groups in total. The predicted molar refractivity (Wildman–Crippen MR) is 129 cm³/mol. The zero-order valence-corrected chi connectivity index (χ0v) is 19.9. The van der Waals surface area contributed by atoms with E-state index in [0.717, 1.165) is 10.9 Å². The van der Waals surface area contributed by atoms with Crippen LogP contribution in [0.5, 0.6) is 11.5 Å². The topological polar surface area (TPSA) is 118 Å². The molecule has 0 bridgehead atoms. The summed E-state index contributed by atoms with van der Waals surface area (Å²) in [6.45, 7) is 3.46. The lowest BCUT2D eigenvalue weighted by Crippen LogP contribution is -2.34. The van der Waals surface area contributed by atoms with E-state index in [1.165, 1.54) is 12.1 Å². The highest BCUT2D eigenvalue weighted by Crippen LogP contribution is 2.35. The maximum Gasteiger partial charge on any atom is 0.252 e. The first-order valence-corrected chi connectivity index (χ1v) is 11.9. The number of fused-ring (bicyclic) bond motifs is 2. The maximum atomic E-state index is 13.3. The Hall–Kier alpha value is -3.83. The van der Waals surface area contributed by atoms with Gasteiger partial charge in [-0.25, -0.2) is 9.07 Å². The summed E-state index contributed by atoms with van der Waals surface area (Å²) in [4.78, 5) is 18.0. The lowest BCUT2D eigenvalue weighted by molar-refractivity contribution is 0.152. The van der Waals surface area contributed by atoms with Gasteiger partial charge < -0.3 is 19.6 Å². The fourth-order valence-electron chi connectivity index (χ4n) is 4.53. The number of hydrogen-bond donors (Lipinski definition) is 2. The molecule has 2 aromatic carbocycles. The molecule has 0 saturated heterocycles. The monoisotopic (exact) mass is 494 g/mol. The molecule has 10 nitrogen and oxygen atoms in total. The molecule has 0 spiro atoms. The van der Waals surface area contributed by atoms with Crippen LogP contribution < -0.4 is 15.0 Å².